The molecule has 1 aliphatic rings. The number of hydrogen-bond acceptors (Lipinski definition) is 5. The molecule has 0 fully saturated rings. The first-order chi connectivity index (χ1) is 13.5. The van der Waals surface area contributed by atoms with Crippen molar-refractivity contribution in [1.82, 2.24) is 5.32 Å². The van der Waals surface area contributed by atoms with E-state index in [2.05, 4.69) is 5.32 Å². The third-order valence-electron chi connectivity index (χ3n) is 4.51. The molecule has 28 heavy (non-hydrogen) atoms. The molecule has 0 aromatic heterocycles. The molecular formula is C20H19N3O4S. The van der Waals surface area contributed by atoms with E-state index in [1.54, 1.807) is 17.0 Å². The zero-order chi connectivity index (χ0) is 20.3. The molecule has 0 unspecified atom stereocenters. The number of non-ortho nitro benzene ring substituents is 1. The quantitative estimate of drug-likeness (QED) is 0.355. The number of carbonyl (C=O) groups is 1. The number of para-hydroxylation sites is 1. The number of ether oxygens (including phenoxy) is 1. The van der Waals surface area contributed by atoms with Crippen molar-refractivity contribution >= 4 is 34.7 Å². The first kappa shape index (κ1) is 19.5. The van der Waals surface area contributed by atoms with Crippen LogP contribution in [0.3, 0.4) is 0 Å². The van der Waals surface area contributed by atoms with Gasteiger partial charge in [-0.15, -0.1) is 0 Å². The Labute approximate surface area is 167 Å². The Bertz CT molecular complexity index is 959. The Balaban J connectivity index is 2.19. The van der Waals surface area contributed by atoms with Crippen LogP contribution in [0.4, 0.5) is 11.4 Å². The van der Waals surface area contributed by atoms with Crippen LogP contribution in [0.15, 0.2) is 65.9 Å². The molecule has 0 saturated carbocycles. The van der Waals surface area contributed by atoms with Gasteiger partial charge in [0.2, 0.25) is 0 Å². The fourth-order valence-electron chi connectivity index (χ4n) is 3.28. The molecule has 0 aliphatic carbocycles. The first-order valence-corrected chi connectivity index (χ1v) is 9.10. The number of esters is 1. The highest BCUT2D eigenvalue weighted by Gasteiger charge is 2.36. The van der Waals surface area contributed by atoms with E-state index in [-0.39, 0.29) is 5.69 Å². The number of nitro groups is 1. The van der Waals surface area contributed by atoms with Gasteiger partial charge in [0.15, 0.2) is 5.11 Å². The molecule has 8 heteroatoms. The third kappa shape index (κ3) is 3.59. The predicted octanol–water partition coefficient (Wildman–Crippen LogP) is 3.87. The number of thiocarbonyl (C=S) groups is 1. The van der Waals surface area contributed by atoms with Crippen LogP contribution in [-0.4, -0.2) is 23.1 Å². The topological polar surface area (TPSA) is 84.7 Å². The second-order valence-electron chi connectivity index (χ2n) is 6.11. The summed E-state index contributed by atoms with van der Waals surface area (Å²) in [5, 5.41) is 14.7. The number of benzene rings is 2. The molecule has 2 aromatic rings. The highest BCUT2D eigenvalue weighted by molar-refractivity contribution is 7.80. The molecule has 3 rings (SSSR count). The number of hydrogen-bond donors (Lipinski definition) is 1. The lowest BCUT2D eigenvalue weighted by atomic mass is 9.93. The highest BCUT2D eigenvalue weighted by Crippen LogP contribution is 2.36. The van der Waals surface area contributed by atoms with Gasteiger partial charge in [-0.25, -0.2) is 4.79 Å². The average Bonchev–Trinajstić information content (AvgIpc) is 2.72. The second-order valence-corrected chi connectivity index (χ2v) is 6.50. The van der Waals surface area contributed by atoms with Gasteiger partial charge < -0.3 is 10.1 Å². The van der Waals surface area contributed by atoms with Gasteiger partial charge in [-0.1, -0.05) is 37.3 Å². The first-order valence-electron chi connectivity index (χ1n) is 8.69. The van der Waals surface area contributed by atoms with Crippen molar-refractivity contribution in [3.05, 3.63) is 81.5 Å². The van der Waals surface area contributed by atoms with Crippen molar-refractivity contribution in [2.75, 3.05) is 12.0 Å². The number of methoxy groups -OCH3 is 1. The fraction of sp³-hybridized carbons (Fsp3) is 0.200. The number of nitrogens with zero attached hydrogens (tertiary/aromatic N) is 2. The molecular weight excluding hydrogens is 378 g/mol. The lowest BCUT2D eigenvalue weighted by Gasteiger charge is -2.38. The molecule has 2 aromatic carbocycles. The fourth-order valence-corrected chi connectivity index (χ4v) is 3.62. The summed E-state index contributed by atoms with van der Waals surface area (Å²) >= 11 is 5.58. The Kier molecular flexibility index (Phi) is 5.70. The molecule has 1 aliphatic heterocycles. The van der Waals surface area contributed by atoms with E-state index in [0.717, 1.165) is 5.69 Å². The van der Waals surface area contributed by atoms with Crippen LogP contribution >= 0.6 is 12.2 Å². The van der Waals surface area contributed by atoms with Gasteiger partial charge in [0.1, 0.15) is 0 Å². The largest absolute Gasteiger partial charge is 0.466 e. The molecule has 7 nitrogen and oxygen atoms in total. The van der Waals surface area contributed by atoms with Crippen LogP contribution in [0.2, 0.25) is 0 Å². The van der Waals surface area contributed by atoms with Crippen molar-refractivity contribution in [1.29, 1.82) is 0 Å². The molecule has 1 heterocycles. The summed E-state index contributed by atoms with van der Waals surface area (Å²) < 4.78 is 5.03. The normalized spacial score (nSPS) is 16.6. The molecule has 0 radical (unpaired) electrons. The standard InChI is InChI=1S/C20H19N3O4S/c1-3-16-17(19(24)27-2)18(13-8-7-11-15(12-13)23(25)26)21-20(28)22(16)14-9-5-4-6-10-14/h4-12,18H,3H2,1-2H3,(H,21,28)/t18-/m0/s1. The van der Waals surface area contributed by atoms with Crippen LogP contribution in [0, 0.1) is 10.1 Å². The lowest BCUT2D eigenvalue weighted by molar-refractivity contribution is -0.384. The molecule has 0 amide bonds. The van der Waals surface area contributed by atoms with E-state index >= 15 is 0 Å². The second kappa shape index (κ2) is 8.18. The van der Waals surface area contributed by atoms with Gasteiger partial charge in [0.25, 0.3) is 5.69 Å². The summed E-state index contributed by atoms with van der Waals surface area (Å²) in [5.74, 6) is -0.510. The van der Waals surface area contributed by atoms with Gasteiger partial charge in [-0.2, -0.15) is 0 Å². The van der Waals surface area contributed by atoms with Gasteiger partial charge >= 0.3 is 5.97 Å². The highest BCUT2D eigenvalue weighted by atomic mass is 32.1. The van der Waals surface area contributed by atoms with E-state index in [9.17, 15) is 14.9 Å². The predicted molar refractivity (Wildman–Crippen MR) is 110 cm³/mol. The monoisotopic (exact) mass is 397 g/mol. The summed E-state index contributed by atoms with van der Waals surface area (Å²) in [7, 11) is 1.31. The molecule has 1 N–H and O–H groups in total. The van der Waals surface area contributed by atoms with Gasteiger partial charge in [-0.3, -0.25) is 15.0 Å². The van der Waals surface area contributed by atoms with Gasteiger partial charge in [0, 0.05) is 23.5 Å². The summed E-state index contributed by atoms with van der Waals surface area (Å²) in [5.41, 5.74) is 2.39. The smallest absolute Gasteiger partial charge is 0.337 e. The Morgan fingerprint density at radius 3 is 2.57 bits per heavy atom. The maximum atomic E-state index is 12.7. The van der Waals surface area contributed by atoms with E-state index in [1.165, 1.54) is 19.2 Å². The molecule has 1 atom stereocenters. The zero-order valence-electron chi connectivity index (χ0n) is 15.4. The number of nitrogens with one attached hydrogen (secondary N) is 1. The Morgan fingerprint density at radius 2 is 1.96 bits per heavy atom. The minimum atomic E-state index is -0.644. The Hall–Kier alpha value is -3.26. The number of allylic oxidation sites excluding steroid dienone is 1. The summed E-state index contributed by atoms with van der Waals surface area (Å²) in [6, 6.07) is 15.0. The third-order valence-corrected chi connectivity index (χ3v) is 4.81. The van der Waals surface area contributed by atoms with Crippen molar-refractivity contribution < 1.29 is 14.5 Å². The summed E-state index contributed by atoms with van der Waals surface area (Å²) in [6.45, 7) is 1.92. The van der Waals surface area contributed by atoms with Crippen LogP contribution in [0.5, 0.6) is 0 Å². The van der Waals surface area contributed by atoms with Crippen molar-refractivity contribution in [2.45, 2.75) is 19.4 Å². The zero-order valence-corrected chi connectivity index (χ0v) is 16.2. The molecule has 0 saturated heterocycles. The number of anilines is 1. The summed E-state index contributed by atoms with van der Waals surface area (Å²) in [4.78, 5) is 25.2. The maximum Gasteiger partial charge on any atom is 0.337 e. The van der Waals surface area contributed by atoms with Crippen molar-refractivity contribution in [3.63, 3.8) is 0 Å². The lowest BCUT2D eigenvalue weighted by Crippen LogP contribution is -2.48. The SMILES string of the molecule is CCC1=C(C(=O)OC)[C@H](c2cccc([N+](=O)[O-])c2)NC(=S)N1c1ccccc1. The summed E-state index contributed by atoms with van der Waals surface area (Å²) in [6.07, 6.45) is 0.520. The Morgan fingerprint density at radius 1 is 1.25 bits per heavy atom. The van der Waals surface area contributed by atoms with Crippen LogP contribution in [0.25, 0.3) is 0 Å². The minimum Gasteiger partial charge on any atom is -0.466 e. The van der Waals surface area contributed by atoms with E-state index < -0.39 is 16.9 Å². The van der Waals surface area contributed by atoms with Gasteiger partial charge in [-0.05, 0) is 36.3 Å². The molecule has 0 spiro atoms. The van der Waals surface area contributed by atoms with Crippen molar-refractivity contribution in [2.24, 2.45) is 0 Å². The van der Waals surface area contributed by atoms with Crippen LogP contribution < -0.4 is 10.2 Å². The molecule has 0 bridgehead atoms. The number of carbonyl (C=O) groups excluding carboxylic acids is 1. The maximum absolute atomic E-state index is 12.7. The number of nitro benzene ring substituents is 1. The van der Waals surface area contributed by atoms with E-state index in [4.69, 9.17) is 17.0 Å². The van der Waals surface area contributed by atoms with E-state index in [1.807, 2.05) is 37.3 Å². The van der Waals surface area contributed by atoms with Crippen LogP contribution in [-0.2, 0) is 9.53 Å². The minimum absolute atomic E-state index is 0.0574. The molecule has 144 valence electrons. The van der Waals surface area contributed by atoms with Crippen LogP contribution in [0.1, 0.15) is 24.9 Å². The average molecular weight is 397 g/mol. The van der Waals surface area contributed by atoms with Crippen molar-refractivity contribution in [3.8, 4) is 0 Å². The van der Waals surface area contributed by atoms with E-state index in [0.29, 0.717) is 28.4 Å². The number of rotatable bonds is 5. The van der Waals surface area contributed by atoms with Gasteiger partial charge in [0.05, 0.1) is 23.6 Å².